The molecule has 2 atom stereocenters. The maximum absolute atomic E-state index is 12.7. The monoisotopic (exact) mass is 430 g/mol. The Labute approximate surface area is 180 Å². The van der Waals surface area contributed by atoms with Crippen LogP contribution in [0.15, 0.2) is 40.4 Å². The molecule has 1 aromatic carbocycles. The van der Waals surface area contributed by atoms with Crippen molar-refractivity contribution < 1.29 is 9.72 Å². The number of aliphatic imine (C=N–C) groups is 1. The number of thioether (sulfide) groups is 1. The summed E-state index contributed by atoms with van der Waals surface area (Å²) in [5.74, 6) is 0.905. The molecule has 0 aliphatic carbocycles. The van der Waals surface area contributed by atoms with Gasteiger partial charge in [0.1, 0.15) is 0 Å². The van der Waals surface area contributed by atoms with E-state index in [1.165, 1.54) is 6.07 Å². The van der Waals surface area contributed by atoms with E-state index in [4.69, 9.17) is 4.99 Å². The van der Waals surface area contributed by atoms with Crippen LogP contribution in [0.5, 0.6) is 0 Å². The number of amides is 2. The molecule has 0 aromatic heterocycles. The fourth-order valence-corrected chi connectivity index (χ4v) is 4.36. The Hall–Kier alpha value is -2.88. The van der Waals surface area contributed by atoms with Crippen LogP contribution in [0.2, 0.25) is 0 Å². The number of para-hydroxylation sites is 1. The summed E-state index contributed by atoms with van der Waals surface area (Å²) in [6.45, 7) is 7.15. The SMILES string of the molecule is CCCSC1=NC2C(N(CC)C(=O)N2CC)N1/N=C/C=C/c1ccccc1[N+](=O)[O-]. The van der Waals surface area contributed by atoms with E-state index in [1.54, 1.807) is 63.1 Å². The van der Waals surface area contributed by atoms with Crippen molar-refractivity contribution >= 4 is 40.9 Å². The first-order chi connectivity index (χ1) is 14.5. The highest BCUT2D eigenvalue weighted by molar-refractivity contribution is 8.13. The Bertz CT molecular complexity index is 887. The molecule has 1 fully saturated rings. The highest BCUT2D eigenvalue weighted by Gasteiger charge is 2.52. The van der Waals surface area contributed by atoms with Crippen molar-refractivity contribution in [2.24, 2.45) is 10.1 Å². The first kappa shape index (κ1) is 21.8. The van der Waals surface area contributed by atoms with Crippen molar-refractivity contribution in [3.8, 4) is 0 Å². The van der Waals surface area contributed by atoms with Gasteiger partial charge in [-0.2, -0.15) is 5.10 Å². The molecule has 3 rings (SSSR count). The number of fused-ring (bicyclic) bond motifs is 1. The lowest BCUT2D eigenvalue weighted by molar-refractivity contribution is -0.385. The fraction of sp³-hybridized carbons (Fsp3) is 0.450. The van der Waals surface area contributed by atoms with Crippen LogP contribution < -0.4 is 0 Å². The highest BCUT2D eigenvalue weighted by atomic mass is 32.2. The molecule has 9 nitrogen and oxygen atoms in total. The summed E-state index contributed by atoms with van der Waals surface area (Å²) >= 11 is 1.62. The van der Waals surface area contributed by atoms with Crippen LogP contribution >= 0.6 is 11.8 Å². The van der Waals surface area contributed by atoms with Crippen molar-refractivity contribution in [3.05, 3.63) is 46.0 Å². The van der Waals surface area contributed by atoms with Crippen molar-refractivity contribution in [1.82, 2.24) is 14.8 Å². The molecular formula is C20H26N6O3S. The number of hydrazone groups is 1. The minimum Gasteiger partial charge on any atom is -0.299 e. The lowest BCUT2D eigenvalue weighted by Crippen LogP contribution is -2.45. The van der Waals surface area contributed by atoms with Gasteiger partial charge in [-0.25, -0.2) is 14.8 Å². The molecule has 0 spiro atoms. The summed E-state index contributed by atoms with van der Waals surface area (Å²) in [5.41, 5.74) is 0.548. The number of hydrogen-bond donors (Lipinski definition) is 0. The molecule has 0 saturated carbocycles. The highest BCUT2D eigenvalue weighted by Crippen LogP contribution is 2.34. The van der Waals surface area contributed by atoms with Crippen LogP contribution in [0.1, 0.15) is 32.8 Å². The average Bonchev–Trinajstić information content (AvgIpc) is 3.21. The molecule has 2 unspecified atom stereocenters. The van der Waals surface area contributed by atoms with Gasteiger partial charge in [0.15, 0.2) is 17.5 Å². The van der Waals surface area contributed by atoms with Crippen molar-refractivity contribution in [3.63, 3.8) is 0 Å². The van der Waals surface area contributed by atoms with Crippen molar-refractivity contribution in [2.45, 2.75) is 39.5 Å². The number of allylic oxidation sites excluding steroid dienone is 1. The van der Waals surface area contributed by atoms with Gasteiger partial charge in [0.2, 0.25) is 0 Å². The van der Waals surface area contributed by atoms with Crippen molar-refractivity contribution in [2.75, 3.05) is 18.8 Å². The number of likely N-dealkylation sites (N-methyl/N-ethyl adjacent to an activating group) is 2. The number of nitro benzene ring substituents is 1. The Morgan fingerprint density at radius 1 is 1.23 bits per heavy atom. The molecule has 0 N–H and O–H groups in total. The average molecular weight is 431 g/mol. The molecule has 1 aromatic rings. The molecule has 0 radical (unpaired) electrons. The lowest BCUT2D eigenvalue weighted by Gasteiger charge is -2.27. The predicted molar refractivity (Wildman–Crippen MR) is 120 cm³/mol. The van der Waals surface area contributed by atoms with E-state index in [0.717, 1.165) is 17.3 Å². The molecule has 2 aliphatic rings. The standard InChI is InChI=1S/C20H26N6O3S/c1-4-14-30-19-22-17-18(24(6-3)20(27)23(17)5-2)25(19)21-13-9-11-15-10-7-8-12-16(15)26(28)29/h7-13,17-18H,4-6,14H2,1-3H3/b11-9+,21-13+. The number of nitrogens with zero attached hydrogens (tertiary/aromatic N) is 6. The topological polar surface area (TPSA) is 94.7 Å². The number of benzene rings is 1. The Balaban J connectivity index is 1.84. The third-order valence-electron chi connectivity index (χ3n) is 4.89. The minimum absolute atomic E-state index is 0.0334. The van der Waals surface area contributed by atoms with Gasteiger partial charge in [0.25, 0.3) is 5.69 Å². The Morgan fingerprint density at radius 3 is 2.63 bits per heavy atom. The molecule has 160 valence electrons. The van der Waals surface area contributed by atoms with Gasteiger partial charge >= 0.3 is 6.03 Å². The Kier molecular flexibility index (Phi) is 7.09. The van der Waals surface area contributed by atoms with Gasteiger partial charge in [-0.3, -0.25) is 19.9 Å². The number of urea groups is 1. The normalized spacial score (nSPS) is 21.2. The summed E-state index contributed by atoms with van der Waals surface area (Å²) in [5, 5.41) is 18.3. The van der Waals surface area contributed by atoms with Gasteiger partial charge in [0.05, 0.1) is 10.5 Å². The molecule has 30 heavy (non-hydrogen) atoms. The van der Waals surface area contributed by atoms with E-state index in [1.807, 2.05) is 13.8 Å². The van der Waals surface area contributed by atoms with E-state index in [0.29, 0.717) is 18.7 Å². The zero-order chi connectivity index (χ0) is 21.7. The fourth-order valence-electron chi connectivity index (χ4n) is 3.50. The molecule has 2 heterocycles. The van der Waals surface area contributed by atoms with Gasteiger partial charge in [-0.15, -0.1) is 0 Å². The van der Waals surface area contributed by atoms with Crippen LogP contribution in [-0.2, 0) is 0 Å². The Morgan fingerprint density at radius 2 is 1.97 bits per heavy atom. The molecule has 2 aliphatic heterocycles. The van der Waals surface area contributed by atoms with Crippen LogP contribution in [0.25, 0.3) is 6.08 Å². The molecule has 10 heteroatoms. The zero-order valence-electron chi connectivity index (χ0n) is 17.3. The molecule has 2 amide bonds. The largest absolute Gasteiger partial charge is 0.323 e. The zero-order valence-corrected chi connectivity index (χ0v) is 18.2. The quantitative estimate of drug-likeness (QED) is 0.355. The second-order valence-electron chi connectivity index (χ2n) is 6.73. The summed E-state index contributed by atoms with van der Waals surface area (Å²) in [6.07, 6.45) is 5.36. The van der Waals surface area contributed by atoms with Crippen LogP contribution in [0.3, 0.4) is 0 Å². The number of hydrogen-bond acceptors (Lipinski definition) is 7. The van der Waals surface area contributed by atoms with E-state index >= 15 is 0 Å². The maximum Gasteiger partial charge on any atom is 0.323 e. The smallest absolute Gasteiger partial charge is 0.299 e. The van der Waals surface area contributed by atoms with E-state index < -0.39 is 4.92 Å². The first-order valence-electron chi connectivity index (χ1n) is 10.0. The summed E-state index contributed by atoms with van der Waals surface area (Å²) in [6, 6.07) is 6.51. The number of carbonyl (C=O) groups is 1. The van der Waals surface area contributed by atoms with Gasteiger partial charge in [-0.05, 0) is 38.5 Å². The summed E-state index contributed by atoms with van der Waals surface area (Å²) in [7, 11) is 0. The second-order valence-corrected chi connectivity index (χ2v) is 7.79. The van der Waals surface area contributed by atoms with Crippen LogP contribution in [-0.4, -0.2) is 68.3 Å². The maximum atomic E-state index is 12.7. The van der Waals surface area contributed by atoms with Gasteiger partial charge < -0.3 is 0 Å². The number of rotatable bonds is 8. The third-order valence-corrected chi connectivity index (χ3v) is 6.05. The minimum atomic E-state index is -0.406. The molecule has 1 saturated heterocycles. The number of nitro groups is 1. The van der Waals surface area contributed by atoms with Crippen LogP contribution in [0, 0.1) is 10.1 Å². The molecule has 0 bridgehead atoms. The van der Waals surface area contributed by atoms with Crippen LogP contribution in [0.4, 0.5) is 10.5 Å². The number of amidine groups is 1. The van der Waals surface area contributed by atoms with Crippen molar-refractivity contribution in [1.29, 1.82) is 0 Å². The van der Waals surface area contributed by atoms with Gasteiger partial charge in [-0.1, -0.05) is 30.8 Å². The number of carbonyl (C=O) groups excluding carboxylic acids is 1. The van der Waals surface area contributed by atoms with E-state index in [2.05, 4.69) is 12.0 Å². The van der Waals surface area contributed by atoms with Gasteiger partial charge in [0, 0.05) is 31.1 Å². The van der Waals surface area contributed by atoms with E-state index in [-0.39, 0.29) is 24.1 Å². The first-order valence-corrected chi connectivity index (χ1v) is 11.0. The van der Waals surface area contributed by atoms with E-state index in [9.17, 15) is 14.9 Å². The lowest BCUT2D eigenvalue weighted by atomic mass is 10.2. The summed E-state index contributed by atoms with van der Waals surface area (Å²) in [4.78, 5) is 31.8. The third kappa shape index (κ3) is 4.18. The predicted octanol–water partition coefficient (Wildman–Crippen LogP) is 3.84. The second kappa shape index (κ2) is 9.75. The summed E-state index contributed by atoms with van der Waals surface area (Å²) < 4.78 is 0. The molecular weight excluding hydrogens is 404 g/mol.